The van der Waals surface area contributed by atoms with Crippen molar-refractivity contribution in [1.82, 2.24) is 15.3 Å². The van der Waals surface area contributed by atoms with Crippen LogP contribution in [-0.2, 0) is 12.0 Å². The van der Waals surface area contributed by atoms with Gasteiger partial charge in [-0.05, 0) is 49.7 Å². The van der Waals surface area contributed by atoms with Crippen LogP contribution in [0.25, 0.3) is 11.0 Å². The van der Waals surface area contributed by atoms with E-state index in [1.54, 1.807) is 6.07 Å². The van der Waals surface area contributed by atoms with Gasteiger partial charge in [-0.25, -0.2) is 9.37 Å². The van der Waals surface area contributed by atoms with Crippen LogP contribution in [0.5, 0.6) is 5.75 Å². The average molecular weight is 439 g/mol. The third kappa shape index (κ3) is 5.52. The summed E-state index contributed by atoms with van der Waals surface area (Å²) < 4.78 is 51.1. The van der Waals surface area contributed by atoms with Crippen LogP contribution in [0, 0.1) is 5.82 Å². The Morgan fingerprint density at radius 1 is 1.19 bits per heavy atom. The van der Waals surface area contributed by atoms with E-state index in [2.05, 4.69) is 15.3 Å². The molecule has 0 spiro atoms. The number of fused-ring (bicyclic) bond motifs is 1. The molecule has 6 nitrogen and oxygen atoms in total. The maximum absolute atomic E-state index is 14.5. The van der Waals surface area contributed by atoms with E-state index in [9.17, 15) is 32.6 Å². The fraction of sp³-hybridized carbons (Fsp3) is 0.333. The van der Waals surface area contributed by atoms with Crippen molar-refractivity contribution in [3.63, 3.8) is 0 Å². The lowest BCUT2D eigenvalue weighted by Crippen LogP contribution is -2.27. The molecule has 3 rings (SSSR count). The number of phenols is 1. The van der Waals surface area contributed by atoms with Gasteiger partial charge >= 0.3 is 6.18 Å². The number of nitrogens with zero attached hydrogens (tertiary/aromatic N) is 1. The normalized spacial score (nSPS) is 12.4. The van der Waals surface area contributed by atoms with Crippen LogP contribution in [0.4, 0.5) is 17.6 Å². The molecule has 31 heavy (non-hydrogen) atoms. The van der Waals surface area contributed by atoms with Gasteiger partial charge in [0.25, 0.3) is 5.91 Å². The number of amides is 1. The van der Waals surface area contributed by atoms with Crippen LogP contribution < -0.4 is 5.32 Å². The number of benzene rings is 2. The van der Waals surface area contributed by atoms with Gasteiger partial charge < -0.3 is 20.5 Å². The second kappa shape index (κ2) is 8.18. The van der Waals surface area contributed by atoms with Crippen molar-refractivity contribution in [2.75, 3.05) is 6.54 Å². The Kier molecular flexibility index (Phi) is 5.95. The molecule has 1 amide bonds. The van der Waals surface area contributed by atoms with E-state index in [1.807, 2.05) is 0 Å². The predicted molar refractivity (Wildman–Crippen MR) is 105 cm³/mol. The topological polar surface area (TPSA) is 98.2 Å². The lowest BCUT2D eigenvalue weighted by Gasteiger charge is -2.20. The standard InChI is InChI=1S/C21H21F4N3O3/c1-20(2,31)13-10-14(22)12(8-17(13)29)9-18-27-15-4-3-11(7-16(15)28-18)19(30)26-6-5-21(23,24)25/h3-4,7-8,10,29,31H,5-6,9H2,1-2H3,(H,26,30)(H,27,28). The maximum atomic E-state index is 14.5. The van der Waals surface area contributed by atoms with Gasteiger partial charge in [0.15, 0.2) is 0 Å². The van der Waals surface area contributed by atoms with Crippen molar-refractivity contribution in [2.24, 2.45) is 0 Å². The molecule has 0 unspecified atom stereocenters. The number of phenolic OH excluding ortho intramolecular Hbond substituents is 1. The molecule has 166 valence electrons. The molecule has 3 aromatic rings. The van der Waals surface area contributed by atoms with Gasteiger partial charge in [-0.3, -0.25) is 4.79 Å². The number of imidazole rings is 1. The largest absolute Gasteiger partial charge is 0.508 e. The fourth-order valence-electron chi connectivity index (χ4n) is 3.11. The number of hydrogen-bond donors (Lipinski definition) is 4. The molecule has 0 aliphatic rings. The zero-order valence-electron chi connectivity index (χ0n) is 16.8. The van der Waals surface area contributed by atoms with Crippen molar-refractivity contribution >= 4 is 16.9 Å². The van der Waals surface area contributed by atoms with Crippen LogP contribution in [0.1, 0.15) is 47.6 Å². The highest BCUT2D eigenvalue weighted by Gasteiger charge is 2.26. The van der Waals surface area contributed by atoms with Crippen LogP contribution in [-0.4, -0.2) is 38.8 Å². The molecule has 0 bridgehead atoms. The van der Waals surface area contributed by atoms with Gasteiger partial charge in [0, 0.05) is 24.1 Å². The number of rotatable bonds is 6. The molecular weight excluding hydrogens is 418 g/mol. The van der Waals surface area contributed by atoms with E-state index >= 15 is 0 Å². The quantitative estimate of drug-likeness (QED) is 0.438. The third-order valence-corrected chi connectivity index (χ3v) is 4.67. The molecule has 2 aromatic carbocycles. The van der Waals surface area contributed by atoms with Gasteiger partial charge in [0.2, 0.25) is 0 Å². The lowest BCUT2D eigenvalue weighted by atomic mass is 9.95. The molecule has 1 heterocycles. The number of carbonyl (C=O) groups is 1. The number of aromatic nitrogens is 2. The Balaban J connectivity index is 1.78. The van der Waals surface area contributed by atoms with Crippen LogP contribution in [0.3, 0.4) is 0 Å². The zero-order valence-corrected chi connectivity index (χ0v) is 16.8. The summed E-state index contributed by atoms with van der Waals surface area (Å²) in [6.45, 7) is 2.32. The molecule has 0 atom stereocenters. The number of H-pyrrole nitrogens is 1. The monoisotopic (exact) mass is 439 g/mol. The molecule has 0 saturated heterocycles. The van der Waals surface area contributed by atoms with Crippen LogP contribution in [0.2, 0.25) is 0 Å². The summed E-state index contributed by atoms with van der Waals surface area (Å²) in [4.78, 5) is 19.3. The summed E-state index contributed by atoms with van der Waals surface area (Å²) in [6.07, 6.45) is -5.48. The van der Waals surface area contributed by atoms with Gasteiger partial charge in [0.05, 0.1) is 23.1 Å². The summed E-state index contributed by atoms with van der Waals surface area (Å²) in [5, 5.41) is 22.3. The molecule has 1 aromatic heterocycles. The maximum Gasteiger partial charge on any atom is 0.390 e. The summed E-state index contributed by atoms with van der Waals surface area (Å²) in [7, 11) is 0. The number of nitrogens with one attached hydrogen (secondary N) is 2. The summed E-state index contributed by atoms with van der Waals surface area (Å²) in [6, 6.07) is 6.70. The smallest absolute Gasteiger partial charge is 0.390 e. The molecule has 0 aliphatic carbocycles. The Morgan fingerprint density at radius 2 is 1.90 bits per heavy atom. The second-order valence-electron chi connectivity index (χ2n) is 7.73. The van der Waals surface area contributed by atoms with E-state index in [0.717, 1.165) is 6.07 Å². The zero-order chi connectivity index (χ0) is 23.0. The minimum absolute atomic E-state index is 0.00726. The Hall–Kier alpha value is -3.14. The molecule has 4 N–H and O–H groups in total. The molecule has 0 aliphatic heterocycles. The van der Waals surface area contributed by atoms with E-state index < -0.39 is 36.5 Å². The highest BCUT2D eigenvalue weighted by atomic mass is 19.4. The average Bonchev–Trinajstić information content (AvgIpc) is 3.03. The minimum atomic E-state index is -4.36. The number of aromatic amines is 1. The molecule has 10 heteroatoms. The van der Waals surface area contributed by atoms with E-state index in [-0.39, 0.29) is 28.9 Å². The fourth-order valence-corrected chi connectivity index (χ4v) is 3.11. The highest BCUT2D eigenvalue weighted by molar-refractivity contribution is 5.97. The molecular formula is C21H21F4N3O3. The van der Waals surface area contributed by atoms with Crippen molar-refractivity contribution in [1.29, 1.82) is 0 Å². The molecule has 0 saturated carbocycles. The Labute approximate surface area is 174 Å². The van der Waals surface area contributed by atoms with Crippen molar-refractivity contribution < 1.29 is 32.6 Å². The molecule has 0 radical (unpaired) electrons. The second-order valence-corrected chi connectivity index (χ2v) is 7.73. The van der Waals surface area contributed by atoms with Crippen molar-refractivity contribution in [3.8, 4) is 5.75 Å². The predicted octanol–water partition coefficient (Wildman–Crippen LogP) is 3.91. The number of aromatic hydroxyl groups is 1. The number of halogens is 4. The van der Waals surface area contributed by atoms with E-state index in [0.29, 0.717) is 16.9 Å². The molecule has 0 fully saturated rings. The first-order valence-corrected chi connectivity index (χ1v) is 9.41. The number of aliphatic hydroxyl groups is 1. The Bertz CT molecular complexity index is 1120. The third-order valence-electron chi connectivity index (χ3n) is 4.67. The van der Waals surface area contributed by atoms with Gasteiger partial charge in [0.1, 0.15) is 17.4 Å². The van der Waals surface area contributed by atoms with E-state index in [1.165, 1.54) is 32.0 Å². The summed E-state index contributed by atoms with van der Waals surface area (Å²) in [5.74, 6) is -1.18. The lowest BCUT2D eigenvalue weighted by molar-refractivity contribution is -0.133. The van der Waals surface area contributed by atoms with Crippen molar-refractivity contribution in [2.45, 2.75) is 38.5 Å². The first kappa shape index (κ1) is 22.5. The van der Waals surface area contributed by atoms with Crippen LogP contribution in [0.15, 0.2) is 30.3 Å². The summed E-state index contributed by atoms with van der Waals surface area (Å²) in [5.41, 5.74) is -0.129. The first-order chi connectivity index (χ1) is 14.3. The minimum Gasteiger partial charge on any atom is -0.508 e. The highest BCUT2D eigenvalue weighted by Crippen LogP contribution is 2.32. The number of alkyl halides is 3. The van der Waals surface area contributed by atoms with Gasteiger partial charge in [-0.2, -0.15) is 13.2 Å². The van der Waals surface area contributed by atoms with Gasteiger partial charge in [-0.15, -0.1) is 0 Å². The SMILES string of the molecule is CC(C)(O)c1cc(F)c(Cc2nc3cc(C(=O)NCCC(F)(F)F)ccc3[nH]2)cc1O. The number of hydrogen-bond acceptors (Lipinski definition) is 4. The van der Waals surface area contributed by atoms with Crippen molar-refractivity contribution in [3.05, 3.63) is 58.7 Å². The van der Waals surface area contributed by atoms with Gasteiger partial charge in [-0.1, -0.05) is 0 Å². The number of carbonyl (C=O) groups excluding carboxylic acids is 1. The van der Waals surface area contributed by atoms with E-state index in [4.69, 9.17) is 0 Å². The Morgan fingerprint density at radius 3 is 2.55 bits per heavy atom. The van der Waals surface area contributed by atoms with Crippen LogP contribution >= 0.6 is 0 Å². The summed E-state index contributed by atoms with van der Waals surface area (Å²) >= 11 is 0. The first-order valence-electron chi connectivity index (χ1n) is 9.41.